The van der Waals surface area contributed by atoms with Gasteiger partial charge in [0.2, 0.25) is 0 Å². The van der Waals surface area contributed by atoms with Gasteiger partial charge >= 0.3 is 0 Å². The molecule has 1 aromatic rings. The monoisotopic (exact) mass is 414 g/mol. The van der Waals surface area contributed by atoms with Crippen molar-refractivity contribution in [2.24, 2.45) is 5.92 Å². The molecule has 5 aliphatic heterocycles. The Hall–Kier alpha value is -1.59. The average Bonchev–Trinajstić information content (AvgIpc) is 3.06. The normalized spacial score (nSPS) is 39.5. The van der Waals surface area contributed by atoms with Gasteiger partial charge in [0.15, 0.2) is 0 Å². The molecular weight excluding hydrogens is 388 g/mol. The van der Waals surface area contributed by atoms with Crippen molar-refractivity contribution < 1.29 is 14.3 Å². The molecule has 4 atom stereocenters. The molecule has 1 amide bonds. The van der Waals surface area contributed by atoms with Crippen molar-refractivity contribution in [3.05, 3.63) is 28.3 Å². The molecule has 154 valence electrons. The molecular formula is C23H27ClN2O3. The Kier molecular flexibility index (Phi) is 4.21. The molecule has 1 N–H and O–H groups in total. The van der Waals surface area contributed by atoms with Crippen LogP contribution in [0.4, 0.5) is 0 Å². The van der Waals surface area contributed by atoms with Crippen molar-refractivity contribution in [2.45, 2.75) is 81.5 Å². The standard InChI is InChI=1S/C23H27ClN2O3/c24-13-7-18-17-3-1-2-4-21(17)29-22(18)19(8-13)23(28)25-14-9-15-5-12-6-16(10-14)26(15)11-20(12)27/h7-8,12,14-17,21H,1-6,9-11H2,(H,25,28)/t12?,14?,15?,16?,17-,21+/m1/s1. The summed E-state index contributed by atoms with van der Waals surface area (Å²) in [6, 6.07) is 4.77. The highest BCUT2D eigenvalue weighted by Gasteiger charge is 2.49. The number of rotatable bonds is 2. The molecule has 6 aliphatic rings. The van der Waals surface area contributed by atoms with Gasteiger partial charge in [-0.2, -0.15) is 0 Å². The summed E-state index contributed by atoms with van der Waals surface area (Å²) in [4.78, 5) is 27.7. The molecule has 5 fully saturated rings. The zero-order valence-corrected chi connectivity index (χ0v) is 17.3. The van der Waals surface area contributed by atoms with E-state index in [2.05, 4.69) is 10.2 Å². The number of nitrogens with zero attached hydrogens (tertiary/aromatic N) is 1. The molecule has 7 rings (SSSR count). The van der Waals surface area contributed by atoms with Crippen LogP contribution in [0, 0.1) is 5.92 Å². The van der Waals surface area contributed by atoms with E-state index in [1.807, 2.05) is 6.07 Å². The van der Waals surface area contributed by atoms with Crippen LogP contribution in [-0.2, 0) is 4.79 Å². The molecule has 0 aromatic heterocycles. The minimum Gasteiger partial charge on any atom is -0.489 e. The van der Waals surface area contributed by atoms with Crippen LogP contribution in [-0.4, -0.2) is 47.4 Å². The zero-order valence-electron chi connectivity index (χ0n) is 16.5. The summed E-state index contributed by atoms with van der Waals surface area (Å²) in [6.07, 6.45) is 8.54. The van der Waals surface area contributed by atoms with E-state index >= 15 is 0 Å². The maximum atomic E-state index is 13.2. The number of ether oxygens (including phenoxy) is 1. The number of carbonyl (C=O) groups is 2. The van der Waals surface area contributed by atoms with Crippen molar-refractivity contribution in [2.75, 3.05) is 6.54 Å². The highest BCUT2D eigenvalue weighted by atomic mass is 35.5. The highest BCUT2D eigenvalue weighted by molar-refractivity contribution is 6.31. The summed E-state index contributed by atoms with van der Waals surface area (Å²) in [5.41, 5.74) is 1.71. The van der Waals surface area contributed by atoms with Gasteiger partial charge < -0.3 is 10.1 Å². The largest absolute Gasteiger partial charge is 0.489 e. The molecule has 5 heterocycles. The van der Waals surface area contributed by atoms with Crippen LogP contribution in [0.25, 0.3) is 0 Å². The Morgan fingerprint density at radius 2 is 1.86 bits per heavy atom. The number of ketones is 1. The van der Waals surface area contributed by atoms with Gasteiger partial charge in [0.05, 0.1) is 12.1 Å². The van der Waals surface area contributed by atoms with Crippen LogP contribution < -0.4 is 10.1 Å². The summed E-state index contributed by atoms with van der Waals surface area (Å²) in [5, 5.41) is 3.90. The molecule has 1 aromatic carbocycles. The SMILES string of the molecule is O=C(NC1CC2CC3CC(C1)N2CC3=O)c1cc(Cl)cc2c1O[C@H]1CCCC[C@H]21. The third kappa shape index (κ3) is 2.92. The van der Waals surface area contributed by atoms with Crippen molar-refractivity contribution >= 4 is 23.3 Å². The molecule has 4 saturated heterocycles. The first-order valence-electron chi connectivity index (χ1n) is 11.2. The van der Waals surface area contributed by atoms with Crippen LogP contribution in [0.15, 0.2) is 12.1 Å². The first-order valence-corrected chi connectivity index (χ1v) is 11.5. The molecule has 0 spiro atoms. The van der Waals surface area contributed by atoms with Gasteiger partial charge in [-0.3, -0.25) is 14.5 Å². The van der Waals surface area contributed by atoms with E-state index < -0.39 is 0 Å². The number of benzene rings is 1. The highest BCUT2D eigenvalue weighted by Crippen LogP contribution is 2.48. The fourth-order valence-electron chi connectivity index (χ4n) is 6.68. The number of hydrogen-bond acceptors (Lipinski definition) is 4. The Morgan fingerprint density at radius 3 is 2.62 bits per heavy atom. The number of fused-ring (bicyclic) bond motifs is 4. The van der Waals surface area contributed by atoms with Crippen LogP contribution >= 0.6 is 11.6 Å². The molecule has 2 unspecified atom stereocenters. The molecule has 6 heteroatoms. The van der Waals surface area contributed by atoms with Gasteiger partial charge in [0, 0.05) is 40.5 Å². The Morgan fingerprint density at radius 1 is 1.10 bits per heavy atom. The zero-order chi connectivity index (χ0) is 19.7. The lowest BCUT2D eigenvalue weighted by Crippen LogP contribution is -2.64. The Labute approximate surface area is 176 Å². The number of Topliss-reactive ketones (excluding diaryl/α,β-unsaturated/α-hetero) is 1. The van der Waals surface area contributed by atoms with Gasteiger partial charge in [-0.25, -0.2) is 0 Å². The summed E-state index contributed by atoms with van der Waals surface area (Å²) in [6.45, 7) is 0.610. The van der Waals surface area contributed by atoms with Crippen LogP contribution in [0.3, 0.4) is 0 Å². The van der Waals surface area contributed by atoms with E-state index in [0.29, 0.717) is 40.9 Å². The second-order valence-electron chi connectivity index (χ2n) is 9.68. The quantitative estimate of drug-likeness (QED) is 0.801. The van der Waals surface area contributed by atoms with Crippen molar-refractivity contribution in [1.82, 2.24) is 10.2 Å². The van der Waals surface area contributed by atoms with Gasteiger partial charge in [-0.15, -0.1) is 0 Å². The van der Waals surface area contributed by atoms with Crippen LogP contribution in [0.5, 0.6) is 5.75 Å². The second-order valence-corrected chi connectivity index (χ2v) is 10.1. The summed E-state index contributed by atoms with van der Waals surface area (Å²) < 4.78 is 6.27. The van der Waals surface area contributed by atoms with E-state index in [0.717, 1.165) is 49.8 Å². The van der Waals surface area contributed by atoms with E-state index in [4.69, 9.17) is 16.3 Å². The predicted octanol–water partition coefficient (Wildman–Crippen LogP) is 3.68. The first kappa shape index (κ1) is 18.2. The number of amides is 1. The maximum absolute atomic E-state index is 13.2. The molecule has 29 heavy (non-hydrogen) atoms. The van der Waals surface area contributed by atoms with Crippen molar-refractivity contribution in [3.63, 3.8) is 0 Å². The van der Waals surface area contributed by atoms with Crippen molar-refractivity contribution in [1.29, 1.82) is 0 Å². The molecule has 1 aliphatic carbocycles. The molecule has 1 saturated carbocycles. The third-order valence-electron chi connectivity index (χ3n) is 7.99. The third-order valence-corrected chi connectivity index (χ3v) is 8.21. The number of nitrogens with one attached hydrogen (secondary N) is 1. The first-order chi connectivity index (χ1) is 14.1. The lowest BCUT2D eigenvalue weighted by Gasteiger charge is -2.54. The Bertz CT molecular complexity index is 871. The van der Waals surface area contributed by atoms with Gasteiger partial charge in [0.1, 0.15) is 17.6 Å². The average molecular weight is 415 g/mol. The van der Waals surface area contributed by atoms with Crippen molar-refractivity contribution in [3.8, 4) is 5.75 Å². The van der Waals surface area contributed by atoms with E-state index in [1.54, 1.807) is 6.07 Å². The minimum atomic E-state index is -0.0661. The maximum Gasteiger partial charge on any atom is 0.255 e. The fraction of sp³-hybridized carbons (Fsp3) is 0.652. The fourth-order valence-corrected chi connectivity index (χ4v) is 6.91. The second kappa shape index (κ2) is 6.71. The summed E-state index contributed by atoms with van der Waals surface area (Å²) >= 11 is 6.41. The number of hydrogen-bond donors (Lipinski definition) is 1. The van der Waals surface area contributed by atoms with Gasteiger partial charge in [-0.05, 0) is 57.1 Å². The van der Waals surface area contributed by atoms with E-state index in [-0.39, 0.29) is 24.0 Å². The smallest absolute Gasteiger partial charge is 0.255 e. The summed E-state index contributed by atoms with van der Waals surface area (Å²) in [5.74, 6) is 1.73. The van der Waals surface area contributed by atoms with Gasteiger partial charge in [0.25, 0.3) is 5.91 Å². The topological polar surface area (TPSA) is 58.6 Å². The lowest BCUT2D eigenvalue weighted by molar-refractivity contribution is -0.141. The minimum absolute atomic E-state index is 0.0661. The van der Waals surface area contributed by atoms with E-state index in [9.17, 15) is 9.59 Å². The molecule has 5 nitrogen and oxygen atoms in total. The summed E-state index contributed by atoms with van der Waals surface area (Å²) in [7, 11) is 0. The molecule has 4 bridgehead atoms. The lowest BCUT2D eigenvalue weighted by atomic mass is 9.71. The van der Waals surface area contributed by atoms with Gasteiger partial charge in [-0.1, -0.05) is 18.0 Å². The number of carbonyl (C=O) groups excluding carboxylic acids is 2. The predicted molar refractivity (Wildman–Crippen MR) is 110 cm³/mol. The van der Waals surface area contributed by atoms with E-state index in [1.165, 1.54) is 12.8 Å². The number of piperidine rings is 4. The number of halogens is 1. The molecule has 0 radical (unpaired) electrons. The van der Waals surface area contributed by atoms with Crippen LogP contribution in [0.1, 0.15) is 73.2 Å². The van der Waals surface area contributed by atoms with Crippen LogP contribution in [0.2, 0.25) is 5.02 Å². The Balaban J connectivity index is 1.22.